The molecule has 0 aliphatic rings. The van der Waals surface area contributed by atoms with Crippen molar-refractivity contribution in [1.29, 1.82) is 0 Å². The minimum absolute atomic E-state index is 0.472. The Balaban J connectivity index is 1.80. The standard InChI is InChI=1S/C13H17NS2/c1-10-6-9-16-13(10)11(2)14-7-5-12-4-3-8-15-12/h3-4,6,8-9,11,14H,5,7H2,1-2H3. The van der Waals surface area contributed by atoms with Gasteiger partial charge in [0.05, 0.1) is 0 Å². The summed E-state index contributed by atoms with van der Waals surface area (Å²) in [6.07, 6.45) is 1.13. The Bertz CT molecular complexity index is 417. The Morgan fingerprint density at radius 3 is 2.75 bits per heavy atom. The lowest BCUT2D eigenvalue weighted by Gasteiger charge is -2.12. The Kier molecular flexibility index (Phi) is 4.16. The van der Waals surface area contributed by atoms with E-state index < -0.39 is 0 Å². The summed E-state index contributed by atoms with van der Waals surface area (Å²) in [6.45, 7) is 5.48. The van der Waals surface area contributed by atoms with Crippen LogP contribution in [-0.2, 0) is 6.42 Å². The fraction of sp³-hybridized carbons (Fsp3) is 0.385. The van der Waals surface area contributed by atoms with Crippen LogP contribution >= 0.6 is 22.7 Å². The van der Waals surface area contributed by atoms with Crippen LogP contribution in [0.5, 0.6) is 0 Å². The second-order valence-electron chi connectivity index (χ2n) is 3.97. The number of hydrogen-bond acceptors (Lipinski definition) is 3. The molecule has 2 rings (SSSR count). The fourth-order valence-corrected chi connectivity index (χ4v) is 3.46. The molecule has 0 aromatic carbocycles. The van der Waals surface area contributed by atoms with Crippen LogP contribution in [0.4, 0.5) is 0 Å². The number of hydrogen-bond donors (Lipinski definition) is 1. The molecular formula is C13H17NS2. The van der Waals surface area contributed by atoms with Crippen molar-refractivity contribution in [2.24, 2.45) is 0 Å². The number of aryl methyl sites for hydroxylation is 1. The van der Waals surface area contributed by atoms with Gasteiger partial charge >= 0.3 is 0 Å². The van der Waals surface area contributed by atoms with E-state index in [0.29, 0.717) is 6.04 Å². The van der Waals surface area contributed by atoms with Crippen molar-refractivity contribution in [1.82, 2.24) is 5.32 Å². The molecule has 1 atom stereocenters. The first-order valence-corrected chi connectivity index (χ1v) is 7.33. The van der Waals surface area contributed by atoms with Gasteiger partial charge in [0.1, 0.15) is 0 Å². The Morgan fingerprint density at radius 2 is 2.12 bits per heavy atom. The molecule has 0 saturated carbocycles. The smallest absolute Gasteiger partial charge is 0.0388 e. The molecule has 0 aliphatic heterocycles. The second kappa shape index (κ2) is 5.62. The molecule has 2 aromatic heterocycles. The molecule has 0 amide bonds. The van der Waals surface area contributed by atoms with E-state index in [0.717, 1.165) is 13.0 Å². The van der Waals surface area contributed by atoms with Crippen LogP contribution in [0.2, 0.25) is 0 Å². The lowest BCUT2D eigenvalue weighted by atomic mass is 10.2. The van der Waals surface area contributed by atoms with Gasteiger partial charge in [-0.25, -0.2) is 0 Å². The molecule has 0 spiro atoms. The summed E-state index contributed by atoms with van der Waals surface area (Å²) in [5.74, 6) is 0. The molecule has 0 fully saturated rings. The van der Waals surface area contributed by atoms with E-state index in [1.165, 1.54) is 15.3 Å². The summed E-state index contributed by atoms with van der Waals surface area (Å²) in [5, 5.41) is 7.89. The van der Waals surface area contributed by atoms with Crippen LogP contribution in [0.15, 0.2) is 29.0 Å². The van der Waals surface area contributed by atoms with Crippen LogP contribution < -0.4 is 5.32 Å². The molecule has 2 heterocycles. The van der Waals surface area contributed by atoms with Crippen LogP contribution in [0.1, 0.15) is 28.3 Å². The third-order valence-electron chi connectivity index (χ3n) is 2.70. The van der Waals surface area contributed by atoms with E-state index in [2.05, 4.69) is 48.1 Å². The largest absolute Gasteiger partial charge is 0.309 e. The quantitative estimate of drug-likeness (QED) is 0.846. The first-order chi connectivity index (χ1) is 7.77. The Hall–Kier alpha value is -0.640. The average molecular weight is 251 g/mol. The van der Waals surface area contributed by atoms with E-state index in [1.807, 2.05) is 22.7 Å². The highest BCUT2D eigenvalue weighted by Crippen LogP contribution is 2.23. The highest BCUT2D eigenvalue weighted by Gasteiger charge is 2.08. The van der Waals surface area contributed by atoms with E-state index in [-0.39, 0.29) is 0 Å². The van der Waals surface area contributed by atoms with Crippen molar-refractivity contribution >= 4 is 22.7 Å². The second-order valence-corrected chi connectivity index (χ2v) is 5.95. The topological polar surface area (TPSA) is 12.0 Å². The lowest BCUT2D eigenvalue weighted by Crippen LogP contribution is -2.20. The third kappa shape index (κ3) is 2.94. The molecular weight excluding hydrogens is 234 g/mol. The summed E-state index contributed by atoms with van der Waals surface area (Å²) in [7, 11) is 0. The van der Waals surface area contributed by atoms with Crippen LogP contribution in [0, 0.1) is 6.92 Å². The normalized spacial score (nSPS) is 12.9. The number of nitrogens with one attached hydrogen (secondary N) is 1. The van der Waals surface area contributed by atoms with Crippen LogP contribution in [-0.4, -0.2) is 6.54 Å². The maximum Gasteiger partial charge on any atom is 0.0388 e. The summed E-state index contributed by atoms with van der Waals surface area (Å²) in [6, 6.07) is 6.98. The Labute approximate surface area is 105 Å². The van der Waals surface area contributed by atoms with Gasteiger partial charge in [0, 0.05) is 22.3 Å². The molecule has 0 aliphatic carbocycles. The van der Waals surface area contributed by atoms with Crippen molar-refractivity contribution < 1.29 is 0 Å². The molecule has 0 radical (unpaired) electrons. The summed E-state index contributed by atoms with van der Waals surface area (Å²) < 4.78 is 0. The zero-order chi connectivity index (χ0) is 11.4. The molecule has 3 heteroatoms. The summed E-state index contributed by atoms with van der Waals surface area (Å²) in [4.78, 5) is 2.92. The zero-order valence-corrected chi connectivity index (χ0v) is 11.3. The molecule has 86 valence electrons. The van der Waals surface area contributed by atoms with Gasteiger partial charge in [0.15, 0.2) is 0 Å². The summed E-state index contributed by atoms with van der Waals surface area (Å²) >= 11 is 3.68. The monoisotopic (exact) mass is 251 g/mol. The molecule has 16 heavy (non-hydrogen) atoms. The van der Waals surface area contributed by atoms with E-state index in [9.17, 15) is 0 Å². The van der Waals surface area contributed by atoms with Gasteiger partial charge in [-0.15, -0.1) is 22.7 Å². The molecule has 0 saturated heterocycles. The van der Waals surface area contributed by atoms with Gasteiger partial charge in [-0.1, -0.05) is 6.07 Å². The van der Waals surface area contributed by atoms with E-state index in [4.69, 9.17) is 0 Å². The minimum atomic E-state index is 0.472. The molecule has 1 nitrogen and oxygen atoms in total. The van der Waals surface area contributed by atoms with Gasteiger partial charge in [-0.2, -0.15) is 0 Å². The molecule has 1 unspecified atom stereocenters. The van der Waals surface area contributed by atoms with E-state index in [1.54, 1.807) is 0 Å². The third-order valence-corrected chi connectivity index (χ3v) is 4.83. The lowest BCUT2D eigenvalue weighted by molar-refractivity contribution is 0.584. The number of thiophene rings is 2. The summed E-state index contributed by atoms with van der Waals surface area (Å²) in [5.41, 5.74) is 1.40. The average Bonchev–Trinajstić information content (AvgIpc) is 2.88. The Morgan fingerprint density at radius 1 is 1.25 bits per heavy atom. The van der Waals surface area contributed by atoms with Gasteiger partial charge in [0.2, 0.25) is 0 Å². The SMILES string of the molecule is Cc1ccsc1C(C)NCCc1cccs1. The van der Waals surface area contributed by atoms with Crippen molar-refractivity contribution in [2.75, 3.05) is 6.54 Å². The first-order valence-electron chi connectivity index (χ1n) is 5.57. The highest BCUT2D eigenvalue weighted by atomic mass is 32.1. The fourth-order valence-electron chi connectivity index (χ4n) is 1.79. The van der Waals surface area contributed by atoms with Gasteiger partial charge in [0.25, 0.3) is 0 Å². The predicted octanol–water partition coefficient (Wildman–Crippen LogP) is 4.01. The van der Waals surface area contributed by atoms with Gasteiger partial charge in [-0.3, -0.25) is 0 Å². The van der Waals surface area contributed by atoms with Gasteiger partial charge < -0.3 is 5.32 Å². The van der Waals surface area contributed by atoms with Crippen LogP contribution in [0.3, 0.4) is 0 Å². The van der Waals surface area contributed by atoms with Crippen molar-refractivity contribution in [3.05, 3.63) is 44.3 Å². The molecule has 2 aromatic rings. The maximum atomic E-state index is 3.58. The van der Waals surface area contributed by atoms with Crippen LogP contribution in [0.25, 0.3) is 0 Å². The van der Waals surface area contributed by atoms with Crippen molar-refractivity contribution in [3.63, 3.8) is 0 Å². The van der Waals surface area contributed by atoms with Gasteiger partial charge in [-0.05, 0) is 48.7 Å². The molecule has 0 bridgehead atoms. The first kappa shape index (κ1) is 11.8. The predicted molar refractivity (Wildman–Crippen MR) is 73.5 cm³/mol. The number of rotatable bonds is 5. The minimum Gasteiger partial charge on any atom is -0.309 e. The van der Waals surface area contributed by atoms with Crippen molar-refractivity contribution in [2.45, 2.75) is 26.3 Å². The zero-order valence-electron chi connectivity index (χ0n) is 9.69. The van der Waals surface area contributed by atoms with Crippen molar-refractivity contribution in [3.8, 4) is 0 Å². The highest BCUT2D eigenvalue weighted by molar-refractivity contribution is 7.10. The molecule has 1 N–H and O–H groups in total. The van der Waals surface area contributed by atoms with E-state index >= 15 is 0 Å². The maximum absolute atomic E-state index is 3.58.